The van der Waals surface area contributed by atoms with Gasteiger partial charge in [-0.2, -0.15) is 4.68 Å². The smallest absolute Gasteiger partial charge is 0.748 e. The molecule has 3 atom stereocenters. The van der Waals surface area contributed by atoms with Crippen LogP contribution >= 0.6 is 11.8 Å². The molecule has 2 aromatic carbocycles. The molecule has 0 bridgehead atoms. The zero-order chi connectivity index (χ0) is 30.2. The maximum atomic E-state index is 13.7. The number of tetrazole rings is 1. The Morgan fingerprint density at radius 1 is 0.907 bits per heavy atom. The Kier molecular flexibility index (Phi) is 18.6. The molecule has 230 valence electrons. The van der Waals surface area contributed by atoms with Crippen molar-refractivity contribution < 1.29 is 73.9 Å². The quantitative estimate of drug-likeness (QED) is 0.0419. The number of benzene rings is 2. The predicted octanol–water partition coefficient (Wildman–Crippen LogP) is 3.99. The summed E-state index contributed by atoms with van der Waals surface area (Å²) in [6.07, 6.45) is 11.6. The number of carbonyl (C=O) groups is 1. The van der Waals surface area contributed by atoms with Crippen LogP contribution in [0, 0.1) is 0 Å². The Bertz CT molecular complexity index is 1300. The molecule has 0 aliphatic heterocycles. The number of hydrogen-bond acceptors (Lipinski definition) is 9. The van der Waals surface area contributed by atoms with Crippen LogP contribution in [0.5, 0.6) is 0 Å². The van der Waals surface area contributed by atoms with Crippen LogP contribution in [0.2, 0.25) is 0 Å². The number of ether oxygens (including phenoxy) is 1. The summed E-state index contributed by atoms with van der Waals surface area (Å²) < 4.78 is 43.3. The molecule has 0 spiro atoms. The Hall–Kier alpha value is -0.964. The topological polar surface area (TPSA) is 127 Å². The number of ketones is 1. The van der Waals surface area contributed by atoms with Gasteiger partial charge in [0.15, 0.2) is 5.44 Å². The minimum Gasteiger partial charge on any atom is -0.748 e. The summed E-state index contributed by atoms with van der Waals surface area (Å²) >= 11 is 1.07. The molecule has 1 heterocycles. The first-order chi connectivity index (χ1) is 20.3. The molecule has 3 unspecified atom stereocenters. The number of thioether (sulfide) groups is 1. The molecular formula is C31H43KN4O5S2. The maximum absolute atomic E-state index is 13.7. The molecule has 0 radical (unpaired) electrons. The summed E-state index contributed by atoms with van der Waals surface area (Å²) in [7, 11) is -4.51. The molecule has 12 heteroatoms. The van der Waals surface area contributed by atoms with Crippen molar-refractivity contribution in [2.45, 2.75) is 113 Å². The fraction of sp³-hybridized carbons (Fsp3) is 0.548. The van der Waals surface area contributed by atoms with Crippen LogP contribution in [0.25, 0.3) is 5.69 Å². The normalized spacial score (nSPS) is 13.7. The molecule has 9 nitrogen and oxygen atoms in total. The molecule has 0 N–H and O–H groups in total. The van der Waals surface area contributed by atoms with Crippen molar-refractivity contribution in [2.75, 3.05) is 0 Å². The van der Waals surface area contributed by atoms with E-state index < -0.39 is 26.9 Å². The second-order valence-electron chi connectivity index (χ2n) is 10.7. The zero-order valence-electron chi connectivity index (χ0n) is 25.6. The SMILES string of the molecule is CCCCCCCCCCCCC(CC(C)S(=O)(=O)[O-])OC(Sc1nnnn1-c1ccccc1)C(=O)c1ccccc1.[K+]. The summed E-state index contributed by atoms with van der Waals surface area (Å²) in [5.74, 6) is -0.283. The van der Waals surface area contributed by atoms with Crippen molar-refractivity contribution in [3.8, 4) is 5.69 Å². The Morgan fingerprint density at radius 3 is 2.05 bits per heavy atom. The van der Waals surface area contributed by atoms with Gasteiger partial charge in [-0.15, -0.1) is 5.10 Å². The third-order valence-electron chi connectivity index (χ3n) is 7.21. The van der Waals surface area contributed by atoms with Crippen molar-refractivity contribution in [1.29, 1.82) is 0 Å². The van der Waals surface area contributed by atoms with E-state index in [1.807, 2.05) is 36.4 Å². The van der Waals surface area contributed by atoms with Crippen molar-refractivity contribution in [3.05, 3.63) is 66.2 Å². The monoisotopic (exact) mass is 654 g/mol. The van der Waals surface area contributed by atoms with E-state index in [0.717, 1.165) is 43.1 Å². The van der Waals surface area contributed by atoms with E-state index in [-0.39, 0.29) is 63.6 Å². The summed E-state index contributed by atoms with van der Waals surface area (Å²) in [4.78, 5) is 13.7. The molecule has 1 aromatic heterocycles. The van der Waals surface area contributed by atoms with Gasteiger partial charge in [0, 0.05) is 10.8 Å². The third kappa shape index (κ3) is 13.9. The second-order valence-corrected chi connectivity index (χ2v) is 13.5. The van der Waals surface area contributed by atoms with E-state index >= 15 is 0 Å². The first kappa shape index (κ1) is 38.2. The number of carbonyl (C=O) groups excluding carboxylic acids is 1. The molecule has 0 amide bonds. The van der Waals surface area contributed by atoms with Gasteiger partial charge in [0.1, 0.15) is 0 Å². The van der Waals surface area contributed by atoms with Crippen LogP contribution in [-0.2, 0) is 14.9 Å². The van der Waals surface area contributed by atoms with Gasteiger partial charge in [-0.05, 0) is 54.1 Å². The van der Waals surface area contributed by atoms with Crippen molar-refractivity contribution in [1.82, 2.24) is 20.2 Å². The first-order valence-electron chi connectivity index (χ1n) is 15.0. The van der Waals surface area contributed by atoms with Gasteiger partial charge in [0.2, 0.25) is 10.9 Å². The predicted molar refractivity (Wildman–Crippen MR) is 165 cm³/mol. The van der Waals surface area contributed by atoms with Crippen LogP contribution in [0.4, 0.5) is 0 Å². The van der Waals surface area contributed by atoms with Gasteiger partial charge < -0.3 is 9.29 Å². The van der Waals surface area contributed by atoms with Crippen LogP contribution in [0.3, 0.4) is 0 Å². The van der Waals surface area contributed by atoms with Gasteiger partial charge in [0.25, 0.3) is 0 Å². The van der Waals surface area contributed by atoms with Crippen LogP contribution in [-0.4, -0.2) is 55.8 Å². The first-order valence-corrected chi connectivity index (χ1v) is 17.3. The molecular weight excluding hydrogens is 612 g/mol. The molecule has 0 saturated heterocycles. The number of hydrogen-bond donors (Lipinski definition) is 0. The number of Topliss-reactive ketones (excluding diaryl/α,β-unsaturated/α-hetero) is 1. The average molecular weight is 655 g/mol. The van der Waals surface area contributed by atoms with Crippen LogP contribution in [0.1, 0.15) is 101 Å². The van der Waals surface area contributed by atoms with E-state index in [1.165, 1.54) is 50.1 Å². The van der Waals surface area contributed by atoms with Gasteiger partial charge >= 0.3 is 51.4 Å². The van der Waals surface area contributed by atoms with E-state index in [0.29, 0.717) is 17.1 Å². The van der Waals surface area contributed by atoms with Crippen molar-refractivity contribution in [2.24, 2.45) is 0 Å². The fourth-order valence-corrected chi connectivity index (χ4v) is 6.15. The second kappa shape index (κ2) is 20.9. The minimum atomic E-state index is -4.51. The summed E-state index contributed by atoms with van der Waals surface area (Å²) in [6.45, 7) is 3.62. The molecule has 0 aliphatic carbocycles. The third-order valence-corrected chi connectivity index (χ3v) is 9.39. The van der Waals surface area contributed by atoms with E-state index in [2.05, 4.69) is 22.4 Å². The van der Waals surface area contributed by atoms with Gasteiger partial charge in [-0.3, -0.25) is 4.79 Å². The Balaban J connectivity index is 0.00000645. The number of aromatic nitrogens is 4. The standard InChI is InChI=1S/C31H44N4O5S2.K/c1-3-4-5-6-7-8-9-10-11-18-23-28(24-25(2)42(37,38)39)40-30(29(36)26-19-14-12-15-20-26)41-31-32-33-34-35(31)27-21-16-13-17-22-27;/h12-17,19-22,25,28,30H,3-11,18,23-24H2,1-2H3,(H,37,38,39);/q;+1/p-1. The van der Waals surface area contributed by atoms with E-state index in [1.54, 1.807) is 24.3 Å². The van der Waals surface area contributed by atoms with E-state index in [4.69, 9.17) is 4.74 Å². The van der Waals surface area contributed by atoms with Crippen LogP contribution < -0.4 is 51.4 Å². The molecule has 0 aliphatic rings. The number of unbranched alkanes of at least 4 members (excludes halogenated alkanes) is 9. The van der Waals surface area contributed by atoms with Crippen molar-refractivity contribution in [3.63, 3.8) is 0 Å². The number of rotatable bonds is 21. The summed E-state index contributed by atoms with van der Waals surface area (Å²) in [5.41, 5.74) is 0.135. The summed E-state index contributed by atoms with van der Waals surface area (Å²) in [6, 6.07) is 18.1. The molecule has 0 saturated carbocycles. The molecule has 3 rings (SSSR count). The molecule has 43 heavy (non-hydrogen) atoms. The fourth-order valence-electron chi connectivity index (χ4n) is 4.72. The van der Waals surface area contributed by atoms with E-state index in [9.17, 15) is 17.8 Å². The van der Waals surface area contributed by atoms with Gasteiger partial charge in [-0.25, -0.2) is 8.42 Å². The number of nitrogens with zero attached hydrogens (tertiary/aromatic N) is 4. The maximum Gasteiger partial charge on any atom is 1.00 e. The average Bonchev–Trinajstić information content (AvgIpc) is 3.46. The zero-order valence-corrected chi connectivity index (χ0v) is 30.4. The Morgan fingerprint density at radius 2 is 1.47 bits per heavy atom. The van der Waals surface area contributed by atoms with Crippen LogP contribution in [0.15, 0.2) is 65.8 Å². The summed E-state index contributed by atoms with van der Waals surface area (Å²) in [5, 5.41) is 11.2. The Labute approximate surface area is 303 Å². The van der Waals surface area contributed by atoms with Gasteiger partial charge in [-0.1, -0.05) is 120 Å². The number of para-hydroxylation sites is 1. The van der Waals surface area contributed by atoms with Crippen molar-refractivity contribution >= 4 is 27.7 Å². The molecule has 3 aromatic rings. The molecule has 0 fully saturated rings. The minimum absolute atomic E-state index is 0. The largest absolute Gasteiger partial charge is 1.00 e. The van der Waals surface area contributed by atoms with Gasteiger partial charge in [0.05, 0.1) is 21.9 Å².